The van der Waals surface area contributed by atoms with Crippen LogP contribution in [-0.4, -0.2) is 36.7 Å². The molecule has 0 amide bonds. The van der Waals surface area contributed by atoms with E-state index in [0.717, 1.165) is 36.3 Å². The minimum atomic E-state index is -3.77. The molecule has 0 unspecified atom stereocenters. The van der Waals surface area contributed by atoms with Crippen molar-refractivity contribution in [2.45, 2.75) is 55.6 Å². The van der Waals surface area contributed by atoms with Gasteiger partial charge in [0.25, 0.3) is 6.43 Å². The van der Waals surface area contributed by atoms with Crippen molar-refractivity contribution in [2.24, 2.45) is 5.73 Å². The van der Waals surface area contributed by atoms with Crippen LogP contribution in [0.3, 0.4) is 0 Å². The highest BCUT2D eigenvalue weighted by Gasteiger charge is 2.28. The van der Waals surface area contributed by atoms with Gasteiger partial charge in [0.1, 0.15) is 11.4 Å². The molecular weight excluding hydrogens is 326 g/mol. The molecule has 1 fully saturated rings. The summed E-state index contributed by atoms with van der Waals surface area (Å²) in [4.78, 5) is -0.115. The minimum Gasteiger partial charge on any atom is -0.326 e. The summed E-state index contributed by atoms with van der Waals surface area (Å²) < 4.78 is 52.1. The number of halogens is 3. The molecule has 0 radical (unpaired) electrons. The highest BCUT2D eigenvalue weighted by Crippen LogP contribution is 2.19. The topological polar surface area (TPSA) is 90.0 Å². The van der Waals surface area contributed by atoms with Crippen LogP contribution in [0, 0.1) is 0 Å². The van der Waals surface area contributed by atoms with Crippen LogP contribution < -0.4 is 10.5 Å². The van der Waals surface area contributed by atoms with Crippen LogP contribution in [0.4, 0.5) is 8.78 Å². The zero-order chi connectivity index (χ0) is 14.8. The third-order valence-electron chi connectivity index (χ3n) is 3.37. The lowest BCUT2D eigenvalue weighted by atomic mass is 9.92. The number of rotatable bonds is 5. The fraction of sp³-hybridized carbons (Fsp3) is 0.727. The smallest absolute Gasteiger partial charge is 0.257 e. The lowest BCUT2D eigenvalue weighted by Gasteiger charge is -2.28. The first kappa shape index (κ1) is 18.3. The summed E-state index contributed by atoms with van der Waals surface area (Å²) in [5, 5.41) is 3.62. The number of nitrogens with one attached hydrogen (secondary N) is 1. The van der Waals surface area contributed by atoms with Gasteiger partial charge in [0.05, 0.1) is 6.20 Å². The molecule has 1 saturated carbocycles. The second kappa shape index (κ2) is 7.48. The lowest BCUT2D eigenvalue weighted by Crippen LogP contribution is -2.49. The summed E-state index contributed by atoms with van der Waals surface area (Å²) in [6, 6.07) is -0.526. The van der Waals surface area contributed by atoms with Gasteiger partial charge in [-0.3, -0.25) is 4.68 Å². The summed E-state index contributed by atoms with van der Waals surface area (Å²) in [6.45, 7) is -0.627. The number of hydrogen-bond acceptors (Lipinski definition) is 4. The fourth-order valence-corrected chi connectivity index (χ4v) is 3.57. The van der Waals surface area contributed by atoms with Crippen molar-refractivity contribution in [3.05, 3.63) is 12.4 Å². The maximum absolute atomic E-state index is 12.2. The van der Waals surface area contributed by atoms with Crippen LogP contribution >= 0.6 is 12.4 Å². The summed E-state index contributed by atoms with van der Waals surface area (Å²) in [5.74, 6) is 0. The Bertz CT molecular complexity index is 552. The number of nitrogens with zero attached hydrogens (tertiary/aromatic N) is 2. The first-order valence-electron chi connectivity index (χ1n) is 6.47. The quantitative estimate of drug-likeness (QED) is 0.837. The second-order valence-electron chi connectivity index (χ2n) is 4.97. The molecule has 0 saturated heterocycles. The van der Waals surface area contributed by atoms with Crippen molar-refractivity contribution < 1.29 is 17.2 Å². The second-order valence-corrected chi connectivity index (χ2v) is 6.68. The molecule has 3 N–H and O–H groups in total. The van der Waals surface area contributed by atoms with Crippen LogP contribution in [0.1, 0.15) is 25.7 Å². The largest absolute Gasteiger partial charge is 0.326 e. The van der Waals surface area contributed by atoms with Gasteiger partial charge in [-0.2, -0.15) is 5.10 Å². The molecule has 1 aromatic heterocycles. The summed E-state index contributed by atoms with van der Waals surface area (Å²) in [6.07, 6.45) is 2.97. The first-order chi connectivity index (χ1) is 9.38. The lowest BCUT2D eigenvalue weighted by molar-refractivity contribution is 0.121. The van der Waals surface area contributed by atoms with Crippen LogP contribution in [-0.2, 0) is 16.6 Å². The Labute approximate surface area is 128 Å². The summed E-state index contributed by atoms with van der Waals surface area (Å²) in [7, 11) is -3.77. The maximum atomic E-state index is 12.2. The van der Waals surface area contributed by atoms with E-state index in [0.29, 0.717) is 6.42 Å². The van der Waals surface area contributed by atoms with Crippen LogP contribution in [0.15, 0.2) is 17.3 Å². The predicted octanol–water partition coefficient (Wildman–Crippen LogP) is 1.12. The van der Waals surface area contributed by atoms with Gasteiger partial charge in [0.15, 0.2) is 0 Å². The van der Waals surface area contributed by atoms with Gasteiger partial charge >= 0.3 is 0 Å². The fourth-order valence-electron chi connectivity index (χ4n) is 2.30. The highest BCUT2D eigenvalue weighted by atomic mass is 35.5. The van der Waals surface area contributed by atoms with Gasteiger partial charge in [-0.1, -0.05) is 12.8 Å². The third-order valence-corrected chi connectivity index (χ3v) is 4.82. The van der Waals surface area contributed by atoms with E-state index in [4.69, 9.17) is 5.73 Å². The van der Waals surface area contributed by atoms with Gasteiger partial charge in [0.2, 0.25) is 10.0 Å². The van der Waals surface area contributed by atoms with Crippen molar-refractivity contribution in [1.29, 1.82) is 0 Å². The van der Waals surface area contributed by atoms with Crippen molar-refractivity contribution in [1.82, 2.24) is 14.5 Å². The van der Waals surface area contributed by atoms with Gasteiger partial charge < -0.3 is 5.73 Å². The molecule has 6 nitrogen and oxygen atoms in total. The van der Waals surface area contributed by atoms with E-state index in [1.54, 1.807) is 0 Å². The van der Waals surface area contributed by atoms with E-state index in [2.05, 4.69) is 9.82 Å². The number of alkyl halides is 2. The minimum absolute atomic E-state index is 0. The van der Waals surface area contributed by atoms with Crippen molar-refractivity contribution >= 4 is 22.4 Å². The Morgan fingerprint density at radius 3 is 2.71 bits per heavy atom. The molecule has 21 heavy (non-hydrogen) atoms. The molecule has 0 aromatic carbocycles. The molecule has 1 aliphatic rings. The number of aromatic nitrogens is 2. The van der Waals surface area contributed by atoms with Gasteiger partial charge in [-0.25, -0.2) is 21.9 Å². The Kier molecular flexibility index (Phi) is 6.51. The standard InChI is InChI=1S/C11H18F2N4O2S.ClH/c12-11(13)7-17-6-8(5-15-17)20(18,19)16-10-4-2-1-3-9(10)14;/h5-6,9-11,16H,1-4,7,14H2;1H/t9-,10-;/m1./s1. The molecule has 2 atom stereocenters. The van der Waals surface area contributed by atoms with Crippen LogP contribution in [0.5, 0.6) is 0 Å². The zero-order valence-corrected chi connectivity index (χ0v) is 12.9. The van der Waals surface area contributed by atoms with E-state index < -0.39 is 23.0 Å². The van der Waals surface area contributed by atoms with E-state index in [9.17, 15) is 17.2 Å². The van der Waals surface area contributed by atoms with Crippen LogP contribution in [0.25, 0.3) is 0 Å². The Balaban J connectivity index is 0.00000220. The molecule has 1 heterocycles. The Morgan fingerprint density at radius 1 is 1.43 bits per heavy atom. The predicted molar refractivity (Wildman–Crippen MR) is 76.0 cm³/mol. The molecule has 0 aliphatic heterocycles. The normalized spacial score (nSPS) is 23.0. The zero-order valence-electron chi connectivity index (χ0n) is 11.3. The third kappa shape index (κ3) is 4.87. The molecular formula is C11H19ClF2N4O2S. The number of hydrogen-bond donors (Lipinski definition) is 2. The highest BCUT2D eigenvalue weighted by molar-refractivity contribution is 7.89. The molecule has 122 valence electrons. The first-order valence-corrected chi connectivity index (χ1v) is 7.95. The molecule has 0 spiro atoms. The Morgan fingerprint density at radius 2 is 2.10 bits per heavy atom. The Hall–Kier alpha value is -0.770. The van der Waals surface area contributed by atoms with Gasteiger partial charge in [-0.05, 0) is 12.8 Å². The van der Waals surface area contributed by atoms with E-state index in [1.807, 2.05) is 0 Å². The number of sulfonamides is 1. The molecule has 1 aromatic rings. The van der Waals surface area contributed by atoms with Crippen molar-refractivity contribution in [3.8, 4) is 0 Å². The average molecular weight is 345 g/mol. The van der Waals surface area contributed by atoms with Gasteiger partial charge in [-0.15, -0.1) is 12.4 Å². The molecule has 1 aliphatic carbocycles. The molecule has 2 rings (SSSR count). The van der Waals surface area contributed by atoms with E-state index in [-0.39, 0.29) is 29.4 Å². The van der Waals surface area contributed by atoms with Crippen LogP contribution in [0.2, 0.25) is 0 Å². The van der Waals surface area contributed by atoms with E-state index in [1.165, 1.54) is 0 Å². The summed E-state index contributed by atoms with van der Waals surface area (Å²) >= 11 is 0. The van der Waals surface area contributed by atoms with Crippen molar-refractivity contribution in [2.75, 3.05) is 0 Å². The maximum Gasteiger partial charge on any atom is 0.257 e. The van der Waals surface area contributed by atoms with Crippen molar-refractivity contribution in [3.63, 3.8) is 0 Å². The average Bonchev–Trinajstić information content (AvgIpc) is 2.80. The van der Waals surface area contributed by atoms with E-state index >= 15 is 0 Å². The van der Waals surface area contributed by atoms with Gasteiger partial charge in [0, 0.05) is 18.3 Å². The molecule has 10 heteroatoms. The number of nitrogens with two attached hydrogens (primary N) is 1. The monoisotopic (exact) mass is 344 g/mol. The SMILES string of the molecule is Cl.N[C@@H]1CCCC[C@H]1NS(=O)(=O)c1cnn(CC(F)F)c1. The summed E-state index contributed by atoms with van der Waals surface area (Å²) in [5.41, 5.74) is 5.89. The molecule has 0 bridgehead atoms.